The largest absolute Gasteiger partial charge is 0.425 e. The Morgan fingerprint density at radius 2 is 2.04 bits per heavy atom. The average Bonchev–Trinajstić information content (AvgIpc) is 2.95. The Labute approximate surface area is 129 Å². The maximum atomic E-state index is 13.3. The van der Waals surface area contributed by atoms with Crippen LogP contribution in [0.1, 0.15) is 17.9 Å². The van der Waals surface area contributed by atoms with Gasteiger partial charge in [0.15, 0.2) is 11.6 Å². The minimum atomic E-state index is -5.07. The van der Waals surface area contributed by atoms with Gasteiger partial charge in [0.2, 0.25) is 11.5 Å². The molecule has 0 aliphatic carbocycles. The molecule has 0 spiro atoms. The van der Waals surface area contributed by atoms with Gasteiger partial charge in [0, 0.05) is 38.2 Å². The lowest BCUT2D eigenvalue weighted by atomic mass is 9.97. The van der Waals surface area contributed by atoms with Crippen LogP contribution < -0.4 is 5.32 Å². The number of carbonyl (C=O) groups is 1. The van der Waals surface area contributed by atoms with Gasteiger partial charge >= 0.3 is 6.18 Å². The minimum absolute atomic E-state index is 0.111. The smallest absolute Gasteiger partial charge is 0.374 e. The van der Waals surface area contributed by atoms with Crippen molar-refractivity contribution in [2.24, 2.45) is 14.1 Å². The van der Waals surface area contributed by atoms with Crippen molar-refractivity contribution in [3.05, 3.63) is 30.0 Å². The molecule has 1 amide bonds. The van der Waals surface area contributed by atoms with Gasteiger partial charge in [0.05, 0.1) is 6.42 Å². The van der Waals surface area contributed by atoms with Crippen molar-refractivity contribution >= 4 is 11.7 Å². The molecule has 1 atom stereocenters. The van der Waals surface area contributed by atoms with Crippen LogP contribution in [-0.4, -0.2) is 36.5 Å². The molecule has 0 saturated heterocycles. The van der Waals surface area contributed by atoms with Gasteiger partial charge in [-0.3, -0.25) is 9.48 Å². The summed E-state index contributed by atoms with van der Waals surface area (Å²) in [7, 11) is 2.93. The third-order valence-corrected chi connectivity index (χ3v) is 3.46. The number of nitrogens with zero attached hydrogens (tertiary/aromatic N) is 4. The van der Waals surface area contributed by atoms with E-state index in [-0.39, 0.29) is 5.82 Å². The van der Waals surface area contributed by atoms with E-state index in [1.807, 2.05) is 0 Å². The second-order valence-corrected chi connectivity index (χ2v) is 5.24. The highest BCUT2D eigenvalue weighted by molar-refractivity contribution is 5.90. The summed E-state index contributed by atoms with van der Waals surface area (Å²) < 4.78 is 42.4. The number of alkyl halides is 3. The molecule has 0 saturated carbocycles. The predicted molar refractivity (Wildman–Crippen MR) is 74.4 cm³/mol. The second-order valence-electron chi connectivity index (χ2n) is 5.24. The van der Waals surface area contributed by atoms with Crippen LogP contribution in [0.4, 0.5) is 19.0 Å². The fraction of sp³-hybridized carbons (Fsp3) is 0.462. The fourth-order valence-corrected chi connectivity index (χ4v) is 2.11. The van der Waals surface area contributed by atoms with E-state index in [0.29, 0.717) is 0 Å². The number of aliphatic hydroxyl groups is 1. The van der Waals surface area contributed by atoms with Crippen LogP contribution in [-0.2, 0) is 24.5 Å². The fourth-order valence-electron chi connectivity index (χ4n) is 2.11. The summed E-state index contributed by atoms with van der Waals surface area (Å²) in [5, 5.41) is 16.3. The van der Waals surface area contributed by atoms with E-state index in [1.54, 1.807) is 14.0 Å². The van der Waals surface area contributed by atoms with Gasteiger partial charge in [0.1, 0.15) is 0 Å². The molecule has 0 aromatic carbocycles. The molecule has 0 radical (unpaired) electrons. The summed E-state index contributed by atoms with van der Waals surface area (Å²) in [6, 6.07) is 1.51. The monoisotopic (exact) mass is 331 g/mol. The quantitative estimate of drug-likeness (QED) is 0.883. The molecule has 23 heavy (non-hydrogen) atoms. The molecule has 0 fully saturated rings. The number of anilines is 1. The molecule has 2 N–H and O–H groups in total. The van der Waals surface area contributed by atoms with Gasteiger partial charge in [-0.05, 0) is 6.92 Å². The maximum absolute atomic E-state index is 13.3. The van der Waals surface area contributed by atoms with Crippen molar-refractivity contribution in [3.63, 3.8) is 0 Å². The van der Waals surface area contributed by atoms with Crippen LogP contribution in [0.2, 0.25) is 0 Å². The van der Waals surface area contributed by atoms with Crippen molar-refractivity contribution in [2.45, 2.75) is 25.1 Å². The van der Waals surface area contributed by atoms with Gasteiger partial charge in [-0.15, -0.1) is 0 Å². The Kier molecular flexibility index (Phi) is 4.20. The van der Waals surface area contributed by atoms with Gasteiger partial charge in [-0.1, -0.05) is 0 Å². The molecule has 2 heterocycles. The average molecular weight is 331 g/mol. The number of aryl methyl sites for hydroxylation is 3. The Balaban J connectivity index is 2.25. The molecule has 1 unspecified atom stereocenters. The third kappa shape index (κ3) is 3.21. The summed E-state index contributed by atoms with van der Waals surface area (Å²) in [5.41, 5.74) is -2.67. The molecule has 2 rings (SSSR count). The van der Waals surface area contributed by atoms with E-state index in [4.69, 9.17) is 0 Å². The lowest BCUT2D eigenvalue weighted by molar-refractivity contribution is -0.270. The summed E-state index contributed by atoms with van der Waals surface area (Å²) in [4.78, 5) is 15.5. The molecule has 2 aromatic rings. The Morgan fingerprint density at radius 1 is 1.39 bits per heavy atom. The molecule has 2 aromatic heterocycles. The zero-order valence-electron chi connectivity index (χ0n) is 12.7. The van der Waals surface area contributed by atoms with Crippen LogP contribution in [0.3, 0.4) is 0 Å². The van der Waals surface area contributed by atoms with E-state index >= 15 is 0 Å². The normalized spacial score (nSPS) is 14.6. The second kappa shape index (κ2) is 5.69. The molecule has 0 bridgehead atoms. The van der Waals surface area contributed by atoms with Crippen LogP contribution in [0, 0.1) is 6.92 Å². The molecular formula is C13H16F3N5O2. The third-order valence-electron chi connectivity index (χ3n) is 3.46. The van der Waals surface area contributed by atoms with Crippen LogP contribution >= 0.6 is 0 Å². The van der Waals surface area contributed by atoms with E-state index in [2.05, 4.69) is 15.4 Å². The van der Waals surface area contributed by atoms with Gasteiger partial charge in [-0.25, -0.2) is 4.98 Å². The van der Waals surface area contributed by atoms with Crippen molar-refractivity contribution in [1.29, 1.82) is 0 Å². The SMILES string of the molecule is Cc1cc(NC(=O)CC(O)(c2nccn2C)C(F)(F)F)nn1C. The van der Waals surface area contributed by atoms with Crippen LogP contribution in [0.5, 0.6) is 0 Å². The topological polar surface area (TPSA) is 85.0 Å². The number of aromatic nitrogens is 4. The molecule has 0 aliphatic rings. The lowest BCUT2D eigenvalue weighted by Crippen LogP contribution is -2.46. The number of nitrogens with one attached hydrogen (secondary N) is 1. The summed E-state index contributed by atoms with van der Waals surface area (Å²) in [5.74, 6) is -1.57. The van der Waals surface area contributed by atoms with Gasteiger partial charge in [0.25, 0.3) is 0 Å². The first-order chi connectivity index (χ1) is 10.5. The maximum Gasteiger partial charge on any atom is 0.425 e. The molecule has 0 aliphatic heterocycles. The number of amides is 1. The number of halogens is 3. The highest BCUT2D eigenvalue weighted by atomic mass is 19.4. The number of hydrogen-bond acceptors (Lipinski definition) is 4. The summed E-state index contributed by atoms with van der Waals surface area (Å²) in [6.45, 7) is 1.72. The van der Waals surface area contributed by atoms with Crippen LogP contribution in [0.15, 0.2) is 18.5 Å². The van der Waals surface area contributed by atoms with E-state index < -0.39 is 29.9 Å². The highest BCUT2D eigenvalue weighted by Gasteiger charge is 2.58. The number of carbonyl (C=O) groups excluding carboxylic acids is 1. The molecule has 7 nitrogen and oxygen atoms in total. The summed E-state index contributed by atoms with van der Waals surface area (Å²) in [6.07, 6.45) is -3.92. The van der Waals surface area contributed by atoms with E-state index in [1.165, 1.54) is 24.0 Å². The van der Waals surface area contributed by atoms with Gasteiger partial charge < -0.3 is 15.0 Å². The number of imidazole rings is 1. The van der Waals surface area contributed by atoms with Crippen molar-refractivity contribution in [2.75, 3.05) is 5.32 Å². The zero-order chi connectivity index (χ0) is 17.4. The zero-order valence-corrected chi connectivity index (χ0v) is 12.7. The Morgan fingerprint density at radius 3 is 2.48 bits per heavy atom. The minimum Gasteiger partial charge on any atom is -0.374 e. The standard InChI is InChI=1S/C13H16F3N5O2/c1-8-6-9(19-21(8)3)18-10(22)7-12(23,13(14,15)16)11-17-4-5-20(11)2/h4-6,23H,7H2,1-3H3,(H,18,19,22). The van der Waals surface area contributed by atoms with Crippen molar-refractivity contribution in [3.8, 4) is 0 Å². The molecule has 10 heteroatoms. The molecular weight excluding hydrogens is 315 g/mol. The lowest BCUT2D eigenvalue weighted by Gasteiger charge is -2.29. The first kappa shape index (κ1) is 17.0. The first-order valence-corrected chi connectivity index (χ1v) is 6.62. The van der Waals surface area contributed by atoms with Gasteiger partial charge in [-0.2, -0.15) is 18.3 Å². The Bertz CT molecular complexity index is 702. The van der Waals surface area contributed by atoms with Crippen LogP contribution in [0.25, 0.3) is 0 Å². The predicted octanol–water partition coefficient (Wildman–Crippen LogP) is 1.24. The number of rotatable bonds is 4. The number of hydrogen-bond donors (Lipinski definition) is 2. The Hall–Kier alpha value is -2.36. The van der Waals surface area contributed by atoms with Crippen molar-refractivity contribution in [1.82, 2.24) is 19.3 Å². The highest BCUT2D eigenvalue weighted by Crippen LogP contribution is 2.40. The summed E-state index contributed by atoms with van der Waals surface area (Å²) >= 11 is 0. The van der Waals surface area contributed by atoms with E-state index in [0.717, 1.165) is 16.5 Å². The van der Waals surface area contributed by atoms with E-state index in [9.17, 15) is 23.1 Å². The first-order valence-electron chi connectivity index (χ1n) is 6.62. The molecule has 126 valence electrons. The van der Waals surface area contributed by atoms with Crippen molar-refractivity contribution < 1.29 is 23.1 Å².